The van der Waals surface area contributed by atoms with Gasteiger partial charge >= 0.3 is 0 Å². The Morgan fingerprint density at radius 2 is 2.05 bits per heavy atom. The molecule has 6 heteroatoms. The van der Waals surface area contributed by atoms with Gasteiger partial charge in [0, 0.05) is 17.8 Å². The molecule has 0 radical (unpaired) electrons. The number of nitrogens with one attached hydrogen (secondary N) is 2. The summed E-state index contributed by atoms with van der Waals surface area (Å²) in [6.45, 7) is 3.40. The lowest BCUT2D eigenvalue weighted by molar-refractivity contribution is 0.102. The van der Waals surface area contributed by atoms with E-state index in [0.29, 0.717) is 11.9 Å². The van der Waals surface area contributed by atoms with E-state index < -0.39 is 17.5 Å². The van der Waals surface area contributed by atoms with Gasteiger partial charge < -0.3 is 5.32 Å². The van der Waals surface area contributed by atoms with E-state index in [1.165, 1.54) is 13.0 Å². The number of aromatic nitrogens is 2. The predicted octanol–water partition coefficient (Wildman–Crippen LogP) is 2.81. The number of carbonyl (C=O) groups excluding carboxylic acids is 1. The fourth-order valence-electron chi connectivity index (χ4n) is 1.62. The van der Waals surface area contributed by atoms with E-state index in [1.807, 2.05) is 6.92 Å². The first-order valence-electron chi connectivity index (χ1n) is 5.82. The molecule has 0 fully saturated rings. The number of anilines is 1. The summed E-state index contributed by atoms with van der Waals surface area (Å²) in [4.78, 5) is 11.9. The third-order valence-corrected chi connectivity index (χ3v) is 2.75. The summed E-state index contributed by atoms with van der Waals surface area (Å²) in [5.74, 6) is -1.92. The number of rotatable bonds is 3. The molecule has 0 unspecified atom stereocenters. The maximum atomic E-state index is 13.5. The monoisotopic (exact) mass is 265 g/mol. The Morgan fingerprint density at radius 1 is 1.32 bits per heavy atom. The van der Waals surface area contributed by atoms with Crippen LogP contribution in [0.3, 0.4) is 0 Å². The molecule has 0 saturated carbocycles. The third kappa shape index (κ3) is 2.78. The van der Waals surface area contributed by atoms with E-state index >= 15 is 0 Å². The number of carbonyl (C=O) groups is 1. The summed E-state index contributed by atoms with van der Waals surface area (Å²) in [7, 11) is 0. The van der Waals surface area contributed by atoms with Gasteiger partial charge in [-0.2, -0.15) is 5.10 Å². The second-order valence-electron chi connectivity index (χ2n) is 4.17. The fourth-order valence-corrected chi connectivity index (χ4v) is 1.62. The molecule has 0 aliphatic heterocycles. The Labute approximate surface area is 108 Å². The highest BCUT2D eigenvalue weighted by molar-refractivity contribution is 6.04. The number of benzene rings is 1. The van der Waals surface area contributed by atoms with Crippen molar-refractivity contribution < 1.29 is 13.6 Å². The molecule has 0 bridgehead atoms. The van der Waals surface area contributed by atoms with E-state index in [9.17, 15) is 13.6 Å². The van der Waals surface area contributed by atoms with Crippen molar-refractivity contribution in [2.24, 2.45) is 0 Å². The molecule has 19 heavy (non-hydrogen) atoms. The van der Waals surface area contributed by atoms with Crippen molar-refractivity contribution in [2.45, 2.75) is 20.3 Å². The first kappa shape index (κ1) is 13.2. The van der Waals surface area contributed by atoms with Gasteiger partial charge in [0.1, 0.15) is 11.6 Å². The summed E-state index contributed by atoms with van der Waals surface area (Å²) in [5.41, 5.74) is 0.855. The quantitative estimate of drug-likeness (QED) is 0.896. The average Bonchev–Trinajstić information content (AvgIpc) is 2.81. The Hall–Kier alpha value is -2.24. The minimum absolute atomic E-state index is 0.208. The van der Waals surface area contributed by atoms with Crippen LogP contribution in [0.5, 0.6) is 0 Å². The van der Waals surface area contributed by atoms with Crippen molar-refractivity contribution in [2.75, 3.05) is 5.32 Å². The van der Waals surface area contributed by atoms with Crippen LogP contribution in [0.2, 0.25) is 0 Å². The minimum atomic E-state index is -0.896. The minimum Gasteiger partial charge on any atom is -0.305 e. The molecule has 2 rings (SSSR count). The molecular weight excluding hydrogens is 252 g/mol. The highest BCUT2D eigenvalue weighted by atomic mass is 19.1. The van der Waals surface area contributed by atoms with Crippen LogP contribution in [0.15, 0.2) is 18.2 Å². The van der Waals surface area contributed by atoms with Crippen molar-refractivity contribution in [3.63, 3.8) is 0 Å². The molecule has 1 heterocycles. The van der Waals surface area contributed by atoms with E-state index in [4.69, 9.17) is 0 Å². The Bertz CT molecular complexity index is 622. The van der Waals surface area contributed by atoms with Gasteiger partial charge in [0.2, 0.25) is 0 Å². The second-order valence-corrected chi connectivity index (χ2v) is 4.17. The SMILES string of the molecule is CCc1cc(NC(=O)c2cc(C)c(F)cc2F)n[nH]1. The standard InChI is InChI=1S/C13H13F2N3O/c1-3-8-5-12(18-17-8)16-13(19)9-4-7(2)10(14)6-11(9)15/h4-6H,3H2,1-2H3,(H2,16,17,18,19). The van der Waals surface area contributed by atoms with Gasteiger partial charge in [0.05, 0.1) is 5.56 Å². The second kappa shape index (κ2) is 5.17. The Morgan fingerprint density at radius 3 is 2.68 bits per heavy atom. The molecular formula is C13H13F2N3O. The van der Waals surface area contributed by atoms with Gasteiger partial charge in [-0.05, 0) is 25.0 Å². The topological polar surface area (TPSA) is 57.8 Å². The zero-order valence-corrected chi connectivity index (χ0v) is 10.6. The fraction of sp³-hybridized carbons (Fsp3) is 0.231. The smallest absolute Gasteiger partial charge is 0.259 e. The number of hydrogen-bond acceptors (Lipinski definition) is 2. The summed E-state index contributed by atoms with van der Waals surface area (Å²) >= 11 is 0. The Kier molecular flexibility index (Phi) is 3.59. The van der Waals surface area contributed by atoms with Gasteiger partial charge in [0.25, 0.3) is 5.91 Å². The molecule has 0 aliphatic carbocycles. The molecule has 2 aromatic rings. The average molecular weight is 265 g/mol. The molecule has 0 spiro atoms. The largest absolute Gasteiger partial charge is 0.305 e. The molecule has 100 valence electrons. The molecule has 0 saturated heterocycles. The number of aryl methyl sites for hydroxylation is 2. The molecule has 0 aliphatic rings. The normalized spacial score (nSPS) is 10.5. The zero-order valence-electron chi connectivity index (χ0n) is 10.6. The van der Waals surface area contributed by atoms with E-state index in [-0.39, 0.29) is 11.1 Å². The summed E-state index contributed by atoms with van der Waals surface area (Å²) < 4.78 is 26.6. The molecule has 1 aromatic heterocycles. The summed E-state index contributed by atoms with van der Waals surface area (Å²) in [5, 5.41) is 9.05. The third-order valence-electron chi connectivity index (χ3n) is 2.75. The van der Waals surface area contributed by atoms with Crippen molar-refractivity contribution in [1.29, 1.82) is 0 Å². The molecule has 2 N–H and O–H groups in total. The van der Waals surface area contributed by atoms with Crippen LogP contribution in [-0.2, 0) is 6.42 Å². The van der Waals surface area contributed by atoms with Crippen LogP contribution in [0.1, 0.15) is 28.5 Å². The summed E-state index contributed by atoms with van der Waals surface area (Å²) in [6.07, 6.45) is 0.743. The van der Waals surface area contributed by atoms with Gasteiger partial charge in [-0.25, -0.2) is 8.78 Å². The Balaban J connectivity index is 2.22. The lowest BCUT2D eigenvalue weighted by Crippen LogP contribution is -2.14. The highest BCUT2D eigenvalue weighted by Crippen LogP contribution is 2.16. The van der Waals surface area contributed by atoms with Gasteiger partial charge in [-0.1, -0.05) is 6.92 Å². The van der Waals surface area contributed by atoms with Crippen LogP contribution in [0.4, 0.5) is 14.6 Å². The number of amides is 1. The van der Waals surface area contributed by atoms with Crippen molar-refractivity contribution in [3.05, 3.63) is 46.7 Å². The number of H-pyrrole nitrogens is 1. The predicted molar refractivity (Wildman–Crippen MR) is 67.0 cm³/mol. The first-order valence-corrected chi connectivity index (χ1v) is 5.82. The van der Waals surface area contributed by atoms with Crippen LogP contribution in [-0.4, -0.2) is 16.1 Å². The number of aromatic amines is 1. The van der Waals surface area contributed by atoms with E-state index in [2.05, 4.69) is 15.5 Å². The van der Waals surface area contributed by atoms with Gasteiger partial charge in [-0.3, -0.25) is 9.89 Å². The maximum absolute atomic E-state index is 13.5. The lowest BCUT2D eigenvalue weighted by Gasteiger charge is -2.05. The molecule has 0 atom stereocenters. The van der Waals surface area contributed by atoms with Crippen molar-refractivity contribution >= 4 is 11.7 Å². The molecule has 1 aromatic carbocycles. The highest BCUT2D eigenvalue weighted by Gasteiger charge is 2.15. The lowest BCUT2D eigenvalue weighted by atomic mass is 10.1. The van der Waals surface area contributed by atoms with E-state index in [1.54, 1.807) is 6.07 Å². The molecule has 1 amide bonds. The van der Waals surface area contributed by atoms with E-state index in [0.717, 1.165) is 12.1 Å². The number of halogens is 2. The van der Waals surface area contributed by atoms with Crippen LogP contribution in [0.25, 0.3) is 0 Å². The molecule has 4 nitrogen and oxygen atoms in total. The van der Waals surface area contributed by atoms with Gasteiger partial charge in [-0.15, -0.1) is 0 Å². The van der Waals surface area contributed by atoms with Gasteiger partial charge in [0.15, 0.2) is 5.82 Å². The van der Waals surface area contributed by atoms with Crippen molar-refractivity contribution in [1.82, 2.24) is 10.2 Å². The van der Waals surface area contributed by atoms with Crippen LogP contribution < -0.4 is 5.32 Å². The van der Waals surface area contributed by atoms with Crippen LogP contribution >= 0.6 is 0 Å². The first-order chi connectivity index (χ1) is 9.01. The number of nitrogens with zero attached hydrogens (tertiary/aromatic N) is 1. The van der Waals surface area contributed by atoms with Crippen LogP contribution in [0, 0.1) is 18.6 Å². The maximum Gasteiger partial charge on any atom is 0.259 e. The van der Waals surface area contributed by atoms with Crippen molar-refractivity contribution in [3.8, 4) is 0 Å². The number of hydrogen-bond donors (Lipinski definition) is 2. The summed E-state index contributed by atoms with van der Waals surface area (Å²) in [6, 6.07) is 3.53. The zero-order chi connectivity index (χ0) is 14.0.